The van der Waals surface area contributed by atoms with Crippen LogP contribution in [-0.2, 0) is 4.79 Å². The van der Waals surface area contributed by atoms with Gasteiger partial charge in [0.25, 0.3) is 0 Å². The molecule has 1 saturated heterocycles. The van der Waals surface area contributed by atoms with E-state index in [1.165, 1.54) is 19.2 Å². The molecule has 1 aliphatic heterocycles. The second-order valence-corrected chi connectivity index (χ2v) is 5.47. The van der Waals surface area contributed by atoms with E-state index in [4.69, 9.17) is 9.47 Å². The van der Waals surface area contributed by atoms with E-state index in [1.54, 1.807) is 6.07 Å². The van der Waals surface area contributed by atoms with Gasteiger partial charge in [0.15, 0.2) is 18.1 Å². The first-order valence-electron chi connectivity index (χ1n) is 7.19. The molecule has 0 radical (unpaired) electrons. The Balaban J connectivity index is 0.00000288. The Labute approximate surface area is 144 Å². The van der Waals surface area contributed by atoms with E-state index in [0.717, 1.165) is 13.1 Å². The van der Waals surface area contributed by atoms with Crippen LogP contribution in [0.5, 0.6) is 11.5 Å². The fraction of sp³-hybridized carbons (Fsp3) is 0.533. The molecule has 1 aliphatic rings. The van der Waals surface area contributed by atoms with Crippen LogP contribution in [0.2, 0.25) is 0 Å². The van der Waals surface area contributed by atoms with Gasteiger partial charge < -0.3 is 20.1 Å². The van der Waals surface area contributed by atoms with Crippen LogP contribution in [0.3, 0.4) is 0 Å². The predicted octanol–water partition coefficient (Wildman–Crippen LogP) is 2.85. The minimum absolute atomic E-state index is 0. The molecule has 1 aromatic carbocycles. The van der Waals surface area contributed by atoms with Crippen LogP contribution < -0.4 is 20.1 Å². The number of anilines is 1. The topological polar surface area (TPSA) is 59.6 Å². The summed E-state index contributed by atoms with van der Waals surface area (Å²) in [5.74, 6) is 0.0135. The third-order valence-electron chi connectivity index (χ3n) is 3.76. The highest BCUT2D eigenvalue weighted by Crippen LogP contribution is 2.32. The number of rotatable bonds is 6. The molecule has 1 fully saturated rings. The maximum atomic E-state index is 12.3. The van der Waals surface area contributed by atoms with Crippen LogP contribution in [0.25, 0.3) is 0 Å². The number of benzene rings is 1. The number of carbonyl (C=O) groups excluding carboxylic acids is 1. The Bertz CT molecular complexity index is 565. The van der Waals surface area contributed by atoms with Gasteiger partial charge in [-0.3, -0.25) is 4.79 Å². The van der Waals surface area contributed by atoms with Gasteiger partial charge in [0.1, 0.15) is 0 Å². The van der Waals surface area contributed by atoms with Gasteiger partial charge in [-0.25, -0.2) is 0 Å². The molecule has 0 saturated carbocycles. The normalized spacial score (nSPS) is 15.7. The maximum Gasteiger partial charge on any atom is 0.422 e. The SMILES string of the molecule is COc1ccc(NC(=O)C(C)C2CNC2)cc1OCC(F)(F)F.Cl. The van der Waals surface area contributed by atoms with Crippen LogP contribution in [-0.4, -0.2) is 38.9 Å². The summed E-state index contributed by atoms with van der Waals surface area (Å²) in [4.78, 5) is 12.1. The van der Waals surface area contributed by atoms with E-state index in [2.05, 4.69) is 10.6 Å². The third kappa shape index (κ3) is 5.45. The van der Waals surface area contributed by atoms with E-state index in [-0.39, 0.29) is 41.6 Å². The number of halogens is 4. The van der Waals surface area contributed by atoms with Crippen molar-refractivity contribution in [3.05, 3.63) is 18.2 Å². The number of alkyl halides is 3. The molecular weight excluding hydrogens is 349 g/mol. The second kappa shape index (κ2) is 8.43. The summed E-state index contributed by atoms with van der Waals surface area (Å²) >= 11 is 0. The van der Waals surface area contributed by atoms with Crippen molar-refractivity contribution in [2.24, 2.45) is 11.8 Å². The third-order valence-corrected chi connectivity index (χ3v) is 3.76. The van der Waals surface area contributed by atoms with Gasteiger partial charge in [-0.1, -0.05) is 6.92 Å². The molecule has 5 nitrogen and oxygen atoms in total. The fourth-order valence-electron chi connectivity index (χ4n) is 2.16. The number of amides is 1. The second-order valence-electron chi connectivity index (χ2n) is 5.47. The number of ether oxygens (including phenoxy) is 2. The maximum absolute atomic E-state index is 12.3. The summed E-state index contributed by atoms with van der Waals surface area (Å²) in [7, 11) is 1.33. The van der Waals surface area contributed by atoms with Crippen LogP contribution >= 0.6 is 12.4 Å². The van der Waals surface area contributed by atoms with Crippen molar-refractivity contribution in [3.63, 3.8) is 0 Å². The Morgan fingerprint density at radius 3 is 2.54 bits per heavy atom. The van der Waals surface area contributed by atoms with Crippen molar-refractivity contribution >= 4 is 24.0 Å². The standard InChI is InChI=1S/C15H19F3N2O3.ClH/c1-9(10-6-19-7-10)14(21)20-11-3-4-12(22-2)13(5-11)23-8-15(16,17)18;/h3-5,9-10,19H,6-8H2,1-2H3,(H,20,21);1H. The quantitative estimate of drug-likeness (QED) is 0.810. The summed E-state index contributed by atoms with van der Waals surface area (Å²) in [6.45, 7) is 1.98. The Morgan fingerprint density at radius 1 is 1.38 bits per heavy atom. The molecule has 24 heavy (non-hydrogen) atoms. The molecule has 1 unspecified atom stereocenters. The van der Waals surface area contributed by atoms with E-state index < -0.39 is 12.8 Å². The first-order chi connectivity index (χ1) is 10.8. The van der Waals surface area contributed by atoms with Crippen molar-refractivity contribution in [2.45, 2.75) is 13.1 Å². The van der Waals surface area contributed by atoms with Crippen LogP contribution in [0, 0.1) is 11.8 Å². The molecule has 1 amide bonds. The molecule has 1 aromatic rings. The Morgan fingerprint density at radius 2 is 2.04 bits per heavy atom. The summed E-state index contributed by atoms with van der Waals surface area (Å²) in [5, 5.41) is 5.79. The predicted molar refractivity (Wildman–Crippen MR) is 85.9 cm³/mol. The molecular formula is C15H20ClF3N2O3. The number of carbonyl (C=O) groups is 1. The molecule has 9 heteroatoms. The molecule has 0 aliphatic carbocycles. The zero-order valence-corrected chi connectivity index (χ0v) is 14.1. The van der Waals surface area contributed by atoms with Crippen molar-refractivity contribution < 1.29 is 27.4 Å². The average Bonchev–Trinajstić information content (AvgIpc) is 2.42. The number of hydrogen-bond acceptors (Lipinski definition) is 4. The number of nitrogens with one attached hydrogen (secondary N) is 2. The summed E-state index contributed by atoms with van der Waals surface area (Å²) in [6.07, 6.45) is -4.45. The van der Waals surface area contributed by atoms with Gasteiger partial charge >= 0.3 is 6.18 Å². The van der Waals surface area contributed by atoms with Crippen molar-refractivity contribution in [1.29, 1.82) is 0 Å². The highest BCUT2D eigenvalue weighted by molar-refractivity contribution is 5.93. The van der Waals surface area contributed by atoms with E-state index in [0.29, 0.717) is 5.69 Å². The first kappa shape index (κ1) is 20.4. The lowest BCUT2D eigenvalue weighted by Gasteiger charge is -2.31. The van der Waals surface area contributed by atoms with Gasteiger partial charge in [0.2, 0.25) is 5.91 Å². The van der Waals surface area contributed by atoms with Gasteiger partial charge in [0, 0.05) is 17.7 Å². The van der Waals surface area contributed by atoms with E-state index in [9.17, 15) is 18.0 Å². The highest BCUT2D eigenvalue weighted by Gasteiger charge is 2.30. The Hall–Kier alpha value is -1.67. The molecule has 0 bridgehead atoms. The smallest absolute Gasteiger partial charge is 0.422 e. The van der Waals surface area contributed by atoms with Gasteiger partial charge in [-0.05, 0) is 31.1 Å². The minimum atomic E-state index is -4.45. The molecule has 1 heterocycles. The Kier molecular flexibility index (Phi) is 7.16. The first-order valence-corrected chi connectivity index (χ1v) is 7.19. The zero-order valence-electron chi connectivity index (χ0n) is 13.3. The molecule has 2 N–H and O–H groups in total. The summed E-state index contributed by atoms with van der Waals surface area (Å²) in [5.41, 5.74) is 0.368. The van der Waals surface area contributed by atoms with Crippen molar-refractivity contribution in [1.82, 2.24) is 5.32 Å². The van der Waals surface area contributed by atoms with Crippen molar-refractivity contribution in [2.75, 3.05) is 32.1 Å². The number of hydrogen-bond donors (Lipinski definition) is 2. The lowest BCUT2D eigenvalue weighted by atomic mass is 9.88. The lowest BCUT2D eigenvalue weighted by Crippen LogP contribution is -2.48. The highest BCUT2D eigenvalue weighted by atomic mass is 35.5. The van der Waals surface area contributed by atoms with Gasteiger partial charge in [0.05, 0.1) is 7.11 Å². The van der Waals surface area contributed by atoms with Gasteiger partial charge in [-0.15, -0.1) is 12.4 Å². The lowest BCUT2D eigenvalue weighted by molar-refractivity contribution is -0.153. The number of methoxy groups -OCH3 is 1. The minimum Gasteiger partial charge on any atom is -0.493 e. The molecule has 2 rings (SSSR count). The van der Waals surface area contributed by atoms with Crippen LogP contribution in [0.1, 0.15) is 6.92 Å². The van der Waals surface area contributed by atoms with Crippen LogP contribution in [0.4, 0.5) is 18.9 Å². The summed E-state index contributed by atoms with van der Waals surface area (Å²) < 4.78 is 46.6. The molecule has 1 atom stereocenters. The van der Waals surface area contributed by atoms with E-state index >= 15 is 0 Å². The average molecular weight is 369 g/mol. The summed E-state index contributed by atoms with van der Waals surface area (Å²) in [6, 6.07) is 4.34. The molecule has 0 aromatic heterocycles. The fourth-order valence-corrected chi connectivity index (χ4v) is 2.16. The van der Waals surface area contributed by atoms with Crippen molar-refractivity contribution in [3.8, 4) is 11.5 Å². The molecule has 0 spiro atoms. The monoisotopic (exact) mass is 368 g/mol. The van der Waals surface area contributed by atoms with Crippen LogP contribution in [0.15, 0.2) is 18.2 Å². The van der Waals surface area contributed by atoms with Gasteiger partial charge in [-0.2, -0.15) is 13.2 Å². The largest absolute Gasteiger partial charge is 0.493 e. The van der Waals surface area contributed by atoms with E-state index in [1.807, 2.05) is 6.92 Å². The molecule has 136 valence electrons. The zero-order chi connectivity index (χ0) is 17.0.